The van der Waals surface area contributed by atoms with Gasteiger partial charge in [-0.25, -0.2) is 0 Å². The summed E-state index contributed by atoms with van der Waals surface area (Å²) in [7, 11) is 0. The normalized spacial score (nSPS) is 13.0. The van der Waals surface area contributed by atoms with E-state index in [0.29, 0.717) is 11.7 Å². The average Bonchev–Trinajstić information content (AvgIpc) is 2.38. The number of carbonyl (C=O) groups excluding carboxylic acids is 1. The highest BCUT2D eigenvalue weighted by Gasteiger charge is 2.22. The van der Waals surface area contributed by atoms with Crippen molar-refractivity contribution in [1.82, 2.24) is 0 Å². The predicted octanol–water partition coefficient (Wildman–Crippen LogP) is 4.90. The van der Waals surface area contributed by atoms with Gasteiger partial charge in [-0.3, -0.25) is 4.79 Å². The fraction of sp³-hybridized carbons (Fsp3) is 0.632. The van der Waals surface area contributed by atoms with E-state index in [0.717, 1.165) is 18.6 Å². The zero-order valence-electron chi connectivity index (χ0n) is 14.3. The summed E-state index contributed by atoms with van der Waals surface area (Å²) in [5, 5.41) is 0. The zero-order valence-corrected chi connectivity index (χ0v) is 14.3. The molecule has 0 fully saturated rings. The molecule has 0 aliphatic rings. The Morgan fingerprint density at radius 3 is 2.00 bits per heavy atom. The molecule has 0 aliphatic carbocycles. The van der Waals surface area contributed by atoms with Gasteiger partial charge in [-0.05, 0) is 50.3 Å². The Morgan fingerprint density at radius 2 is 1.57 bits per heavy atom. The van der Waals surface area contributed by atoms with Gasteiger partial charge in [-0.15, -0.1) is 0 Å². The summed E-state index contributed by atoms with van der Waals surface area (Å²) in [6.07, 6.45) is 1.98. The van der Waals surface area contributed by atoms with Crippen LogP contribution >= 0.6 is 0 Å². The summed E-state index contributed by atoms with van der Waals surface area (Å²) in [5.74, 6) is 2.05. The number of benzene rings is 1. The van der Waals surface area contributed by atoms with Crippen molar-refractivity contribution in [3.63, 3.8) is 0 Å². The van der Waals surface area contributed by atoms with Crippen molar-refractivity contribution >= 4 is 5.78 Å². The van der Waals surface area contributed by atoms with Crippen LogP contribution in [0.25, 0.3) is 0 Å². The minimum atomic E-state index is 0.109. The van der Waals surface area contributed by atoms with Gasteiger partial charge in [0.15, 0.2) is 0 Å². The Kier molecular flexibility index (Phi) is 6.94. The van der Waals surface area contributed by atoms with E-state index in [-0.39, 0.29) is 17.9 Å². The Balaban J connectivity index is 2.76. The number of carbonyl (C=O) groups is 1. The van der Waals surface area contributed by atoms with E-state index in [4.69, 9.17) is 4.74 Å². The van der Waals surface area contributed by atoms with E-state index in [9.17, 15) is 4.79 Å². The highest BCUT2D eigenvalue weighted by atomic mass is 16.5. The fourth-order valence-electron chi connectivity index (χ4n) is 2.60. The molecule has 1 rings (SSSR count). The van der Waals surface area contributed by atoms with E-state index in [1.807, 2.05) is 39.8 Å². The van der Waals surface area contributed by atoms with Crippen LogP contribution in [0.3, 0.4) is 0 Å². The van der Waals surface area contributed by atoms with Crippen molar-refractivity contribution in [1.29, 1.82) is 0 Å². The molecule has 0 saturated heterocycles. The SMILES string of the molecule is CC(C)CC(Cc1ccc(OC(C)C)cc1)C(=O)C(C)C. The minimum absolute atomic E-state index is 0.109. The molecule has 0 radical (unpaired) electrons. The average molecular weight is 290 g/mol. The van der Waals surface area contributed by atoms with E-state index >= 15 is 0 Å². The molecule has 0 aromatic heterocycles. The molecule has 0 saturated carbocycles. The molecule has 0 heterocycles. The van der Waals surface area contributed by atoms with E-state index in [1.165, 1.54) is 5.56 Å². The van der Waals surface area contributed by atoms with Crippen LogP contribution in [0, 0.1) is 17.8 Å². The van der Waals surface area contributed by atoms with Gasteiger partial charge in [0.1, 0.15) is 11.5 Å². The standard InChI is InChI=1S/C19H30O2/c1-13(2)11-17(19(20)14(3)4)12-16-7-9-18(10-8-16)21-15(5)6/h7-10,13-15,17H,11-12H2,1-6H3. The monoisotopic (exact) mass is 290 g/mol. The van der Waals surface area contributed by atoms with Crippen LogP contribution in [0.15, 0.2) is 24.3 Å². The lowest BCUT2D eigenvalue weighted by molar-refractivity contribution is -0.126. The van der Waals surface area contributed by atoms with E-state index in [1.54, 1.807) is 0 Å². The van der Waals surface area contributed by atoms with Crippen LogP contribution in [-0.4, -0.2) is 11.9 Å². The lowest BCUT2D eigenvalue weighted by Gasteiger charge is -2.20. The molecule has 2 heteroatoms. The van der Waals surface area contributed by atoms with Crippen molar-refractivity contribution < 1.29 is 9.53 Å². The molecular weight excluding hydrogens is 260 g/mol. The summed E-state index contributed by atoms with van der Waals surface area (Å²) in [5.41, 5.74) is 1.21. The fourth-order valence-corrected chi connectivity index (χ4v) is 2.60. The van der Waals surface area contributed by atoms with Gasteiger partial charge in [-0.2, -0.15) is 0 Å². The van der Waals surface area contributed by atoms with Gasteiger partial charge >= 0.3 is 0 Å². The summed E-state index contributed by atoms with van der Waals surface area (Å²) in [6.45, 7) is 12.4. The highest BCUT2D eigenvalue weighted by molar-refractivity contribution is 5.83. The topological polar surface area (TPSA) is 26.3 Å². The van der Waals surface area contributed by atoms with Crippen LogP contribution < -0.4 is 4.74 Å². The predicted molar refractivity (Wildman–Crippen MR) is 88.7 cm³/mol. The Hall–Kier alpha value is -1.31. The zero-order chi connectivity index (χ0) is 16.0. The molecule has 1 unspecified atom stereocenters. The van der Waals surface area contributed by atoms with Gasteiger partial charge in [-0.1, -0.05) is 39.8 Å². The van der Waals surface area contributed by atoms with Crippen molar-refractivity contribution in [2.45, 2.75) is 60.5 Å². The Morgan fingerprint density at radius 1 is 1.00 bits per heavy atom. The third-order valence-corrected chi connectivity index (χ3v) is 3.50. The van der Waals surface area contributed by atoms with Crippen molar-refractivity contribution in [2.24, 2.45) is 17.8 Å². The van der Waals surface area contributed by atoms with Crippen LogP contribution in [-0.2, 0) is 11.2 Å². The van der Waals surface area contributed by atoms with Crippen molar-refractivity contribution in [3.8, 4) is 5.75 Å². The first-order valence-electron chi connectivity index (χ1n) is 8.09. The maximum atomic E-state index is 12.4. The van der Waals surface area contributed by atoms with Gasteiger partial charge < -0.3 is 4.74 Å². The largest absolute Gasteiger partial charge is 0.491 e. The van der Waals surface area contributed by atoms with Gasteiger partial charge in [0.25, 0.3) is 0 Å². The highest BCUT2D eigenvalue weighted by Crippen LogP contribution is 2.23. The van der Waals surface area contributed by atoms with Gasteiger partial charge in [0, 0.05) is 11.8 Å². The summed E-state index contributed by atoms with van der Waals surface area (Å²) < 4.78 is 5.66. The molecule has 2 nitrogen and oxygen atoms in total. The van der Waals surface area contributed by atoms with E-state index in [2.05, 4.69) is 26.0 Å². The smallest absolute Gasteiger partial charge is 0.138 e. The third-order valence-electron chi connectivity index (χ3n) is 3.50. The van der Waals surface area contributed by atoms with Crippen molar-refractivity contribution in [3.05, 3.63) is 29.8 Å². The molecule has 0 spiro atoms. The second-order valence-electron chi connectivity index (χ2n) is 6.90. The number of hydrogen-bond acceptors (Lipinski definition) is 2. The molecule has 0 aliphatic heterocycles. The lowest BCUT2D eigenvalue weighted by Crippen LogP contribution is -2.23. The number of ketones is 1. The molecular formula is C19H30O2. The first-order chi connectivity index (χ1) is 9.79. The second kappa shape index (κ2) is 8.21. The van der Waals surface area contributed by atoms with Gasteiger partial charge in [0.2, 0.25) is 0 Å². The molecule has 1 atom stereocenters. The van der Waals surface area contributed by atoms with Crippen LogP contribution in [0.2, 0.25) is 0 Å². The van der Waals surface area contributed by atoms with E-state index < -0.39 is 0 Å². The number of hydrogen-bond donors (Lipinski definition) is 0. The summed E-state index contributed by atoms with van der Waals surface area (Å²) >= 11 is 0. The molecule has 21 heavy (non-hydrogen) atoms. The molecule has 0 amide bonds. The lowest BCUT2D eigenvalue weighted by atomic mass is 9.84. The first kappa shape index (κ1) is 17.7. The van der Waals surface area contributed by atoms with Crippen molar-refractivity contribution in [2.75, 3.05) is 0 Å². The first-order valence-corrected chi connectivity index (χ1v) is 8.09. The van der Waals surface area contributed by atoms with Crippen LogP contribution in [0.4, 0.5) is 0 Å². The maximum absolute atomic E-state index is 12.4. The molecule has 0 bridgehead atoms. The Bertz CT molecular complexity index is 429. The second-order valence-corrected chi connectivity index (χ2v) is 6.90. The molecule has 0 N–H and O–H groups in total. The quantitative estimate of drug-likeness (QED) is 0.680. The third kappa shape index (κ3) is 6.33. The molecule has 118 valence electrons. The van der Waals surface area contributed by atoms with Crippen LogP contribution in [0.5, 0.6) is 5.75 Å². The summed E-state index contributed by atoms with van der Waals surface area (Å²) in [4.78, 5) is 12.4. The molecule has 1 aromatic carbocycles. The Labute approximate surface area is 129 Å². The summed E-state index contributed by atoms with van der Waals surface area (Å²) in [6, 6.07) is 8.17. The minimum Gasteiger partial charge on any atom is -0.491 e. The van der Waals surface area contributed by atoms with Crippen LogP contribution in [0.1, 0.15) is 53.5 Å². The number of ether oxygens (including phenoxy) is 1. The number of rotatable bonds is 8. The maximum Gasteiger partial charge on any atom is 0.138 e. The number of Topliss-reactive ketones (excluding diaryl/α,β-unsaturated/α-hetero) is 1. The van der Waals surface area contributed by atoms with Gasteiger partial charge in [0.05, 0.1) is 6.10 Å². The molecule has 1 aromatic rings.